The zero-order valence-corrected chi connectivity index (χ0v) is 17.8. The molecule has 0 aliphatic carbocycles. The van der Waals surface area contributed by atoms with Crippen LogP contribution in [0.5, 0.6) is 0 Å². The van der Waals surface area contributed by atoms with Crippen LogP contribution < -0.4 is 10.2 Å². The Morgan fingerprint density at radius 3 is 2.43 bits per heavy atom. The van der Waals surface area contributed by atoms with Gasteiger partial charge in [0.15, 0.2) is 5.13 Å². The van der Waals surface area contributed by atoms with Gasteiger partial charge in [0.1, 0.15) is 0 Å². The van der Waals surface area contributed by atoms with E-state index in [0.717, 1.165) is 24.9 Å². The van der Waals surface area contributed by atoms with Crippen molar-refractivity contribution >= 4 is 40.0 Å². The van der Waals surface area contributed by atoms with Crippen LogP contribution in [0, 0.1) is 0 Å². The third-order valence-corrected chi connectivity index (χ3v) is 5.31. The standard InChI is InChI=1S/C24H25N3O2S/c1-19(28)27(22-13-6-3-7-14-22)24-26-21(18-30-24)15-16-23(29)25-17-9-8-12-20-10-4-2-5-11-20/h2-7,10-11,13-16,18H,8-9,12,17H2,1H3,(H,25,29)/b16-15+. The van der Waals surface area contributed by atoms with E-state index in [1.807, 2.05) is 53.9 Å². The predicted molar refractivity (Wildman–Crippen MR) is 123 cm³/mol. The molecule has 0 unspecified atom stereocenters. The minimum Gasteiger partial charge on any atom is -0.353 e. The number of nitrogens with zero attached hydrogens (tertiary/aromatic N) is 2. The fourth-order valence-electron chi connectivity index (χ4n) is 2.99. The van der Waals surface area contributed by atoms with E-state index in [4.69, 9.17) is 0 Å². The topological polar surface area (TPSA) is 62.3 Å². The van der Waals surface area contributed by atoms with E-state index in [1.54, 1.807) is 11.0 Å². The molecule has 3 aromatic rings. The number of anilines is 2. The minimum absolute atomic E-state index is 0.112. The molecule has 0 bridgehead atoms. The highest BCUT2D eigenvalue weighted by Crippen LogP contribution is 2.28. The summed E-state index contributed by atoms with van der Waals surface area (Å²) in [6, 6.07) is 19.7. The third-order valence-electron chi connectivity index (χ3n) is 4.47. The molecule has 0 aliphatic rings. The van der Waals surface area contributed by atoms with Crippen LogP contribution in [0.1, 0.15) is 31.0 Å². The van der Waals surface area contributed by atoms with Gasteiger partial charge in [0, 0.05) is 24.9 Å². The van der Waals surface area contributed by atoms with Crippen molar-refractivity contribution in [3.63, 3.8) is 0 Å². The van der Waals surface area contributed by atoms with Gasteiger partial charge in [0.2, 0.25) is 11.8 Å². The number of thiazole rings is 1. The summed E-state index contributed by atoms with van der Waals surface area (Å²) in [7, 11) is 0. The number of carbonyl (C=O) groups is 2. The van der Waals surface area contributed by atoms with Gasteiger partial charge in [0.05, 0.1) is 11.4 Å². The van der Waals surface area contributed by atoms with Gasteiger partial charge in [-0.25, -0.2) is 4.98 Å². The van der Waals surface area contributed by atoms with Crippen LogP contribution in [0.4, 0.5) is 10.8 Å². The Kier molecular flexibility index (Phi) is 7.92. The molecule has 0 saturated heterocycles. The number of hydrogen-bond donors (Lipinski definition) is 1. The lowest BCUT2D eigenvalue weighted by molar-refractivity contribution is -0.117. The zero-order valence-electron chi connectivity index (χ0n) is 17.0. The van der Waals surface area contributed by atoms with E-state index < -0.39 is 0 Å². The summed E-state index contributed by atoms with van der Waals surface area (Å²) in [5.41, 5.74) is 2.73. The van der Waals surface area contributed by atoms with E-state index in [-0.39, 0.29) is 11.8 Å². The molecule has 1 N–H and O–H groups in total. The number of aryl methyl sites for hydroxylation is 1. The second-order valence-corrected chi connectivity index (χ2v) is 7.65. The number of hydrogen-bond acceptors (Lipinski definition) is 4. The number of amides is 2. The summed E-state index contributed by atoms with van der Waals surface area (Å²) in [6.45, 7) is 2.15. The molecule has 2 aromatic carbocycles. The highest BCUT2D eigenvalue weighted by Gasteiger charge is 2.17. The number of unbranched alkanes of at least 4 members (excludes halogenated alkanes) is 1. The van der Waals surface area contributed by atoms with Crippen LogP contribution in [0.3, 0.4) is 0 Å². The fourth-order valence-corrected chi connectivity index (χ4v) is 3.84. The molecule has 0 saturated carbocycles. The minimum atomic E-state index is -0.143. The van der Waals surface area contributed by atoms with Crippen molar-refractivity contribution in [2.75, 3.05) is 11.4 Å². The van der Waals surface area contributed by atoms with Crippen molar-refractivity contribution < 1.29 is 9.59 Å². The molecular formula is C24H25N3O2S. The lowest BCUT2D eigenvalue weighted by Crippen LogP contribution is -2.22. The Morgan fingerprint density at radius 2 is 1.73 bits per heavy atom. The number of benzene rings is 2. The van der Waals surface area contributed by atoms with E-state index in [1.165, 1.54) is 29.9 Å². The monoisotopic (exact) mass is 419 g/mol. The molecule has 154 valence electrons. The number of nitrogens with one attached hydrogen (secondary N) is 1. The lowest BCUT2D eigenvalue weighted by atomic mass is 10.1. The summed E-state index contributed by atoms with van der Waals surface area (Å²) in [4.78, 5) is 30.2. The molecule has 3 rings (SSSR count). The van der Waals surface area contributed by atoms with Gasteiger partial charge in [-0.1, -0.05) is 48.5 Å². The van der Waals surface area contributed by atoms with Crippen molar-refractivity contribution in [1.82, 2.24) is 10.3 Å². The normalized spacial score (nSPS) is 10.8. The first-order chi connectivity index (χ1) is 14.6. The molecule has 0 fully saturated rings. The average Bonchev–Trinajstić information content (AvgIpc) is 3.22. The first-order valence-electron chi connectivity index (χ1n) is 9.94. The van der Waals surface area contributed by atoms with Gasteiger partial charge in [-0.05, 0) is 43.0 Å². The molecule has 1 heterocycles. The Bertz CT molecular complexity index is 984. The maximum atomic E-state index is 12.1. The van der Waals surface area contributed by atoms with Gasteiger partial charge in [-0.3, -0.25) is 14.5 Å². The van der Waals surface area contributed by atoms with Crippen molar-refractivity contribution in [1.29, 1.82) is 0 Å². The molecular weight excluding hydrogens is 394 g/mol. The summed E-state index contributed by atoms with van der Waals surface area (Å²) in [5.74, 6) is -0.255. The lowest BCUT2D eigenvalue weighted by Gasteiger charge is -2.17. The van der Waals surface area contributed by atoms with Crippen LogP contribution >= 0.6 is 11.3 Å². The van der Waals surface area contributed by atoms with Gasteiger partial charge in [-0.15, -0.1) is 11.3 Å². The molecule has 5 nitrogen and oxygen atoms in total. The summed E-state index contributed by atoms with van der Waals surface area (Å²) >= 11 is 1.37. The Labute approximate surface area is 181 Å². The number of aromatic nitrogens is 1. The van der Waals surface area contributed by atoms with E-state index in [0.29, 0.717) is 17.4 Å². The highest BCUT2D eigenvalue weighted by atomic mass is 32.1. The van der Waals surface area contributed by atoms with E-state index in [2.05, 4.69) is 22.4 Å². The summed E-state index contributed by atoms with van der Waals surface area (Å²) < 4.78 is 0. The first-order valence-corrected chi connectivity index (χ1v) is 10.8. The summed E-state index contributed by atoms with van der Waals surface area (Å²) in [5, 5.41) is 5.31. The molecule has 1 aromatic heterocycles. The molecule has 30 heavy (non-hydrogen) atoms. The van der Waals surface area contributed by atoms with Gasteiger partial charge in [0.25, 0.3) is 0 Å². The molecule has 0 radical (unpaired) electrons. The quantitative estimate of drug-likeness (QED) is 0.393. The molecule has 0 spiro atoms. The SMILES string of the molecule is CC(=O)N(c1ccccc1)c1nc(/C=C/C(=O)NCCCCc2ccccc2)cs1. The van der Waals surface area contributed by atoms with Crippen molar-refractivity contribution in [2.45, 2.75) is 26.2 Å². The fraction of sp³-hybridized carbons (Fsp3) is 0.208. The summed E-state index contributed by atoms with van der Waals surface area (Å²) in [6.07, 6.45) is 6.13. The third kappa shape index (κ3) is 6.39. The Balaban J connectivity index is 1.47. The maximum absolute atomic E-state index is 12.1. The van der Waals surface area contributed by atoms with Crippen LogP contribution in [0.15, 0.2) is 72.1 Å². The van der Waals surface area contributed by atoms with Gasteiger partial charge in [-0.2, -0.15) is 0 Å². The van der Waals surface area contributed by atoms with Crippen LogP contribution in [0.25, 0.3) is 6.08 Å². The van der Waals surface area contributed by atoms with Crippen molar-refractivity contribution in [3.8, 4) is 0 Å². The molecule has 6 heteroatoms. The molecule has 2 amide bonds. The second kappa shape index (κ2) is 11.1. The van der Waals surface area contributed by atoms with Crippen molar-refractivity contribution in [2.24, 2.45) is 0 Å². The van der Waals surface area contributed by atoms with Gasteiger partial charge >= 0.3 is 0 Å². The van der Waals surface area contributed by atoms with E-state index in [9.17, 15) is 9.59 Å². The Morgan fingerprint density at radius 1 is 1.03 bits per heavy atom. The number of rotatable bonds is 9. The van der Waals surface area contributed by atoms with E-state index >= 15 is 0 Å². The number of para-hydroxylation sites is 1. The smallest absolute Gasteiger partial charge is 0.244 e. The zero-order chi connectivity index (χ0) is 21.2. The average molecular weight is 420 g/mol. The predicted octanol–water partition coefficient (Wildman–Crippen LogP) is 4.98. The maximum Gasteiger partial charge on any atom is 0.244 e. The Hall–Kier alpha value is -3.25. The van der Waals surface area contributed by atoms with Gasteiger partial charge < -0.3 is 5.32 Å². The van der Waals surface area contributed by atoms with Crippen LogP contribution in [-0.2, 0) is 16.0 Å². The molecule has 0 aliphatic heterocycles. The van der Waals surface area contributed by atoms with Crippen LogP contribution in [0.2, 0.25) is 0 Å². The first kappa shape index (κ1) is 21.5. The van der Waals surface area contributed by atoms with Crippen LogP contribution in [-0.4, -0.2) is 23.3 Å². The highest BCUT2D eigenvalue weighted by molar-refractivity contribution is 7.14. The van der Waals surface area contributed by atoms with Crippen molar-refractivity contribution in [3.05, 3.63) is 83.4 Å². The second-order valence-electron chi connectivity index (χ2n) is 6.81. The molecule has 0 atom stereocenters. The largest absolute Gasteiger partial charge is 0.353 e. The number of carbonyl (C=O) groups excluding carboxylic acids is 2.